The van der Waals surface area contributed by atoms with Gasteiger partial charge >= 0.3 is 0 Å². The van der Waals surface area contributed by atoms with E-state index in [1.165, 1.54) is 37.6 Å². The zero-order valence-corrected chi connectivity index (χ0v) is 12.4. The molecule has 0 unspecified atom stereocenters. The van der Waals surface area contributed by atoms with Crippen LogP contribution in [0.25, 0.3) is 11.0 Å². The summed E-state index contributed by atoms with van der Waals surface area (Å²) in [6, 6.07) is 6.58. The third-order valence-corrected chi connectivity index (χ3v) is 4.41. The van der Waals surface area contributed by atoms with Gasteiger partial charge in [-0.1, -0.05) is 30.9 Å². The molecule has 2 aromatic rings. The van der Waals surface area contributed by atoms with Crippen molar-refractivity contribution in [3.05, 3.63) is 29.0 Å². The number of hydrogen-bond donors (Lipinski definition) is 0. The summed E-state index contributed by atoms with van der Waals surface area (Å²) in [5.41, 5.74) is 2.20. The standard InChI is InChI=1S/C15H18Cl2N2/c16-9-8-15-18-13-10-11(17)6-7-14(13)19(15)12-4-2-1-3-5-12/h6-7,10,12H,1-5,8-9H2. The van der Waals surface area contributed by atoms with Crippen LogP contribution in [-0.2, 0) is 6.42 Å². The minimum atomic E-state index is 0.582. The topological polar surface area (TPSA) is 17.8 Å². The van der Waals surface area contributed by atoms with Crippen molar-refractivity contribution >= 4 is 34.2 Å². The molecule has 1 aromatic heterocycles. The molecular formula is C15H18Cl2N2. The van der Waals surface area contributed by atoms with E-state index in [-0.39, 0.29) is 0 Å². The van der Waals surface area contributed by atoms with Gasteiger partial charge in [-0.25, -0.2) is 4.98 Å². The first-order valence-electron chi connectivity index (χ1n) is 7.02. The van der Waals surface area contributed by atoms with Crippen LogP contribution in [0.2, 0.25) is 5.02 Å². The molecule has 4 heteroatoms. The van der Waals surface area contributed by atoms with Gasteiger partial charge in [0.25, 0.3) is 0 Å². The second-order valence-corrected chi connectivity index (χ2v) is 6.08. The lowest BCUT2D eigenvalue weighted by Gasteiger charge is -2.25. The van der Waals surface area contributed by atoms with Gasteiger partial charge in [0.2, 0.25) is 0 Å². The Morgan fingerprint density at radius 2 is 2.00 bits per heavy atom. The van der Waals surface area contributed by atoms with E-state index >= 15 is 0 Å². The number of aromatic nitrogens is 2. The summed E-state index contributed by atoms with van der Waals surface area (Å²) in [5.74, 6) is 1.73. The molecule has 1 fully saturated rings. The number of nitrogens with zero attached hydrogens (tertiary/aromatic N) is 2. The highest BCUT2D eigenvalue weighted by molar-refractivity contribution is 6.31. The lowest BCUT2D eigenvalue weighted by atomic mass is 9.95. The fourth-order valence-electron chi connectivity index (χ4n) is 3.13. The van der Waals surface area contributed by atoms with E-state index in [0.717, 1.165) is 22.8 Å². The second-order valence-electron chi connectivity index (χ2n) is 5.26. The van der Waals surface area contributed by atoms with Crippen LogP contribution < -0.4 is 0 Å². The van der Waals surface area contributed by atoms with Gasteiger partial charge in [0.1, 0.15) is 5.82 Å². The second kappa shape index (κ2) is 5.72. The smallest absolute Gasteiger partial charge is 0.111 e. The Morgan fingerprint density at radius 3 is 2.74 bits per heavy atom. The van der Waals surface area contributed by atoms with E-state index in [1.807, 2.05) is 12.1 Å². The Labute approximate surface area is 123 Å². The Hall–Kier alpha value is -0.730. The lowest BCUT2D eigenvalue weighted by molar-refractivity contribution is 0.353. The number of benzene rings is 1. The third-order valence-electron chi connectivity index (χ3n) is 3.98. The zero-order valence-electron chi connectivity index (χ0n) is 10.9. The van der Waals surface area contributed by atoms with Crippen molar-refractivity contribution in [3.63, 3.8) is 0 Å². The SMILES string of the molecule is ClCCc1nc2cc(Cl)ccc2n1C1CCCCC1. The molecule has 0 atom stereocenters. The number of hydrogen-bond acceptors (Lipinski definition) is 1. The fourth-order valence-corrected chi connectivity index (χ4v) is 3.46. The van der Waals surface area contributed by atoms with E-state index in [4.69, 9.17) is 28.2 Å². The van der Waals surface area contributed by atoms with Crippen LogP contribution in [0.3, 0.4) is 0 Å². The highest BCUT2D eigenvalue weighted by Crippen LogP contribution is 2.33. The van der Waals surface area contributed by atoms with Crippen molar-refractivity contribution in [2.45, 2.75) is 44.6 Å². The van der Waals surface area contributed by atoms with Gasteiger partial charge in [0.15, 0.2) is 0 Å². The van der Waals surface area contributed by atoms with Gasteiger partial charge in [0, 0.05) is 23.4 Å². The van der Waals surface area contributed by atoms with Crippen LogP contribution >= 0.6 is 23.2 Å². The quantitative estimate of drug-likeness (QED) is 0.731. The van der Waals surface area contributed by atoms with E-state index in [0.29, 0.717) is 11.9 Å². The zero-order chi connectivity index (χ0) is 13.2. The molecule has 19 heavy (non-hydrogen) atoms. The molecule has 102 valence electrons. The maximum Gasteiger partial charge on any atom is 0.111 e. The molecule has 1 aromatic carbocycles. The van der Waals surface area contributed by atoms with Crippen molar-refractivity contribution in [2.24, 2.45) is 0 Å². The minimum absolute atomic E-state index is 0.582. The molecule has 2 nitrogen and oxygen atoms in total. The highest BCUT2D eigenvalue weighted by Gasteiger charge is 2.21. The first kappa shape index (κ1) is 13.3. The van der Waals surface area contributed by atoms with Crippen LogP contribution in [-0.4, -0.2) is 15.4 Å². The molecule has 0 aliphatic heterocycles. The van der Waals surface area contributed by atoms with Crippen molar-refractivity contribution in [1.29, 1.82) is 0 Å². The number of rotatable bonds is 3. The van der Waals surface area contributed by atoms with Crippen LogP contribution in [0.1, 0.15) is 44.0 Å². The molecule has 1 aliphatic rings. The molecule has 0 bridgehead atoms. The number of halogens is 2. The molecule has 1 heterocycles. The Bertz CT molecular complexity index is 571. The first-order chi connectivity index (χ1) is 9.29. The predicted octanol–water partition coefficient (Wildman–Crippen LogP) is 4.98. The van der Waals surface area contributed by atoms with Gasteiger partial charge in [-0.3, -0.25) is 0 Å². The predicted molar refractivity (Wildman–Crippen MR) is 81.3 cm³/mol. The molecule has 0 N–H and O–H groups in total. The number of imidazole rings is 1. The summed E-state index contributed by atoms with van der Waals surface area (Å²) in [7, 11) is 0. The Morgan fingerprint density at radius 1 is 1.21 bits per heavy atom. The van der Waals surface area contributed by atoms with Crippen LogP contribution in [0.5, 0.6) is 0 Å². The molecule has 1 saturated carbocycles. The van der Waals surface area contributed by atoms with Gasteiger partial charge in [-0.15, -0.1) is 11.6 Å². The molecule has 0 radical (unpaired) electrons. The van der Waals surface area contributed by atoms with Gasteiger partial charge < -0.3 is 4.57 Å². The van der Waals surface area contributed by atoms with E-state index in [9.17, 15) is 0 Å². The molecule has 0 spiro atoms. The van der Waals surface area contributed by atoms with E-state index in [2.05, 4.69) is 10.6 Å². The van der Waals surface area contributed by atoms with Crippen molar-refractivity contribution in [3.8, 4) is 0 Å². The van der Waals surface area contributed by atoms with Crippen LogP contribution in [0, 0.1) is 0 Å². The average Bonchev–Trinajstić information content (AvgIpc) is 2.77. The summed E-state index contributed by atoms with van der Waals surface area (Å²) >= 11 is 12.0. The summed E-state index contributed by atoms with van der Waals surface area (Å²) < 4.78 is 2.41. The largest absolute Gasteiger partial charge is 0.325 e. The van der Waals surface area contributed by atoms with E-state index in [1.54, 1.807) is 0 Å². The van der Waals surface area contributed by atoms with Gasteiger partial charge in [0.05, 0.1) is 11.0 Å². The molecule has 0 amide bonds. The number of fused-ring (bicyclic) bond motifs is 1. The summed E-state index contributed by atoms with van der Waals surface area (Å²) in [6.45, 7) is 0. The molecule has 3 rings (SSSR count). The van der Waals surface area contributed by atoms with E-state index < -0.39 is 0 Å². The van der Waals surface area contributed by atoms with Gasteiger partial charge in [-0.05, 0) is 31.0 Å². The Balaban J connectivity index is 2.09. The van der Waals surface area contributed by atoms with Crippen molar-refractivity contribution in [2.75, 3.05) is 5.88 Å². The van der Waals surface area contributed by atoms with Gasteiger partial charge in [-0.2, -0.15) is 0 Å². The summed E-state index contributed by atoms with van der Waals surface area (Å²) in [4.78, 5) is 4.73. The average molecular weight is 297 g/mol. The Kier molecular flexibility index (Phi) is 3.99. The fraction of sp³-hybridized carbons (Fsp3) is 0.533. The minimum Gasteiger partial charge on any atom is -0.325 e. The maximum absolute atomic E-state index is 6.07. The lowest BCUT2D eigenvalue weighted by Crippen LogP contribution is -2.15. The number of alkyl halides is 1. The summed E-state index contributed by atoms with van der Waals surface area (Å²) in [6.07, 6.45) is 7.33. The molecule has 0 saturated heterocycles. The molecule has 1 aliphatic carbocycles. The van der Waals surface area contributed by atoms with Crippen molar-refractivity contribution in [1.82, 2.24) is 9.55 Å². The monoisotopic (exact) mass is 296 g/mol. The normalized spacial score (nSPS) is 17.2. The summed E-state index contributed by atoms with van der Waals surface area (Å²) in [5, 5.41) is 0.748. The first-order valence-corrected chi connectivity index (χ1v) is 7.93. The van der Waals surface area contributed by atoms with Crippen molar-refractivity contribution < 1.29 is 0 Å². The highest BCUT2D eigenvalue weighted by atomic mass is 35.5. The van der Waals surface area contributed by atoms with Crippen LogP contribution in [0.15, 0.2) is 18.2 Å². The maximum atomic E-state index is 6.07. The van der Waals surface area contributed by atoms with Crippen LogP contribution in [0.4, 0.5) is 0 Å². The molecular weight excluding hydrogens is 279 g/mol. The third kappa shape index (κ3) is 2.61. The number of aryl methyl sites for hydroxylation is 1.